The predicted octanol–water partition coefficient (Wildman–Crippen LogP) is 10.2. The quantitative estimate of drug-likeness (QED) is 0.0251. The molecule has 18 nitrogen and oxygen atoms in total. The number of rotatable bonds is 19. The Bertz CT molecular complexity index is 2570. The third kappa shape index (κ3) is 11.3. The lowest BCUT2D eigenvalue weighted by molar-refractivity contribution is -0.246. The van der Waals surface area contributed by atoms with Crippen molar-refractivity contribution in [1.82, 2.24) is 15.0 Å². The Kier molecular flexibility index (Phi) is 15.0. The molecule has 10 unspecified atom stereocenters. The molecule has 6 N–H and O–H groups in total. The molecule has 9 rings (SSSR count). The summed E-state index contributed by atoms with van der Waals surface area (Å²) in [5, 5.41) is 32.6. The van der Waals surface area contributed by atoms with Gasteiger partial charge in [0.05, 0.1) is 57.6 Å². The molecule has 18 heteroatoms. The van der Waals surface area contributed by atoms with Gasteiger partial charge in [-0.1, -0.05) is 52.9 Å². The highest BCUT2D eigenvalue weighted by atomic mass is 16.8. The van der Waals surface area contributed by atoms with Gasteiger partial charge >= 0.3 is 17.9 Å². The van der Waals surface area contributed by atoms with Gasteiger partial charge in [-0.2, -0.15) is 0 Å². The van der Waals surface area contributed by atoms with E-state index < -0.39 is 55.6 Å². The summed E-state index contributed by atoms with van der Waals surface area (Å²) in [6, 6.07) is 10.5. The molecule has 0 spiro atoms. The van der Waals surface area contributed by atoms with Crippen molar-refractivity contribution in [2.45, 2.75) is 167 Å². The SMILES string of the molecule is CCC(OC(=O)C1CCCC(c2cc3[nH]c(C(O)OC(OC(=O)C4CCCCC4)C(C)C)cc3o2)C1)OC(O)c1cc2oc(C3CCCC(C(=O)OC(C)OC(O)c4cc5occc5[nH]4)C3)cc2[nH]1. The molecule has 3 aliphatic carbocycles. The fourth-order valence-electron chi connectivity index (χ4n) is 10.2. The van der Waals surface area contributed by atoms with Crippen LogP contribution in [0.1, 0.15) is 177 Å². The summed E-state index contributed by atoms with van der Waals surface area (Å²) in [6.45, 7) is 7.12. The summed E-state index contributed by atoms with van der Waals surface area (Å²) in [6.07, 6.45) is 5.10. The zero-order valence-electron chi connectivity index (χ0n) is 39.6. The molecule has 3 aliphatic rings. The van der Waals surface area contributed by atoms with Crippen LogP contribution in [0.2, 0.25) is 0 Å². The molecule has 0 radical (unpaired) electrons. The number of aromatic nitrogens is 3. The maximum atomic E-state index is 13.6. The van der Waals surface area contributed by atoms with Crippen LogP contribution < -0.4 is 0 Å². The Labute approximate surface area is 398 Å². The van der Waals surface area contributed by atoms with Gasteiger partial charge in [-0.3, -0.25) is 14.4 Å². The van der Waals surface area contributed by atoms with E-state index in [9.17, 15) is 29.7 Å². The number of fused-ring (bicyclic) bond motifs is 3. The molecule has 0 aliphatic heterocycles. The fourth-order valence-corrected chi connectivity index (χ4v) is 10.2. The third-order valence-corrected chi connectivity index (χ3v) is 14.0. The number of H-pyrrole nitrogens is 3. The molecule has 6 aromatic heterocycles. The highest BCUT2D eigenvalue weighted by molar-refractivity contribution is 5.78. The average Bonchev–Trinajstić information content (AvgIpc) is 4.21. The van der Waals surface area contributed by atoms with E-state index in [-0.39, 0.29) is 35.6 Å². The van der Waals surface area contributed by atoms with Gasteiger partial charge in [0.1, 0.15) is 11.5 Å². The second-order valence-electron chi connectivity index (χ2n) is 19.5. The van der Waals surface area contributed by atoms with Crippen LogP contribution >= 0.6 is 0 Å². The van der Waals surface area contributed by atoms with Crippen LogP contribution in [0.5, 0.6) is 0 Å². The summed E-state index contributed by atoms with van der Waals surface area (Å²) in [5.74, 6) is -0.840. The second-order valence-corrected chi connectivity index (χ2v) is 19.5. The van der Waals surface area contributed by atoms with Gasteiger partial charge in [0.25, 0.3) is 0 Å². The first-order valence-corrected chi connectivity index (χ1v) is 24.7. The number of hydrogen-bond acceptors (Lipinski definition) is 15. The zero-order chi connectivity index (χ0) is 48.3. The van der Waals surface area contributed by atoms with Crippen molar-refractivity contribution in [3.63, 3.8) is 0 Å². The monoisotopic (exact) mass is 959 g/mol. The number of carbonyl (C=O) groups is 3. The van der Waals surface area contributed by atoms with Crippen LogP contribution in [0.25, 0.3) is 33.3 Å². The number of ether oxygens (including phenoxy) is 6. The summed E-state index contributed by atoms with van der Waals surface area (Å²) in [5.41, 5.74) is 4.78. The van der Waals surface area contributed by atoms with Gasteiger partial charge in [-0.05, 0) is 58.3 Å². The molecule has 3 fully saturated rings. The van der Waals surface area contributed by atoms with Gasteiger partial charge in [-0.25, -0.2) is 0 Å². The third-order valence-electron chi connectivity index (χ3n) is 14.0. The molecule has 6 heterocycles. The summed E-state index contributed by atoms with van der Waals surface area (Å²) in [4.78, 5) is 48.9. The smallest absolute Gasteiger partial charge is 0.311 e. The predicted molar refractivity (Wildman–Crippen MR) is 246 cm³/mol. The van der Waals surface area contributed by atoms with Crippen molar-refractivity contribution < 1.29 is 71.4 Å². The van der Waals surface area contributed by atoms with Gasteiger partial charge in [0, 0.05) is 60.6 Å². The number of carbonyl (C=O) groups excluding carboxylic acids is 3. The number of esters is 3. The Balaban J connectivity index is 0.737. The topological polar surface area (TPSA) is 254 Å². The van der Waals surface area contributed by atoms with Gasteiger partial charge < -0.3 is 71.9 Å². The van der Waals surface area contributed by atoms with Crippen LogP contribution in [0.3, 0.4) is 0 Å². The minimum Gasteiger partial charge on any atom is -0.463 e. The highest BCUT2D eigenvalue weighted by Crippen LogP contribution is 2.42. The Morgan fingerprint density at radius 3 is 1.65 bits per heavy atom. The molecule has 3 saturated carbocycles. The molecule has 0 saturated heterocycles. The largest absolute Gasteiger partial charge is 0.463 e. The molecular formula is C51H65N3O15. The first kappa shape index (κ1) is 48.6. The number of hydrogen-bond donors (Lipinski definition) is 6. The summed E-state index contributed by atoms with van der Waals surface area (Å²) < 4.78 is 52.2. The Morgan fingerprint density at radius 1 is 0.594 bits per heavy atom. The Morgan fingerprint density at radius 2 is 1.10 bits per heavy atom. The molecule has 0 amide bonds. The molecule has 374 valence electrons. The lowest BCUT2D eigenvalue weighted by atomic mass is 9.80. The lowest BCUT2D eigenvalue weighted by Crippen LogP contribution is -2.32. The molecule has 69 heavy (non-hydrogen) atoms. The Hall–Kier alpha value is -5.37. The standard InChI is InChI=1S/C51H65N3O15/c1-5-44(66-47(57)32-16-10-14-30(20-32)40-22-35-43(65-40)25-38(54-35)50(60)69-51(26(2)3)68-45(55)28-11-7-6-8-12-28)67-49(59)37-24-42-34(53-37)21-39(64-42)29-13-9-15-31(19-29)46(56)62-27(4)63-48(58)36-23-41-33(52-36)17-18-61-41/h17-18,21-32,44,48-54,58-60H,5-16,19-20H2,1-4H3. The van der Waals surface area contributed by atoms with Crippen molar-refractivity contribution in [2.24, 2.45) is 23.7 Å². The summed E-state index contributed by atoms with van der Waals surface area (Å²) >= 11 is 0. The number of aromatic amines is 3. The van der Waals surface area contributed by atoms with Crippen molar-refractivity contribution in [3.8, 4) is 0 Å². The van der Waals surface area contributed by atoms with E-state index in [1.165, 1.54) is 6.26 Å². The van der Waals surface area contributed by atoms with Crippen LogP contribution in [0.4, 0.5) is 0 Å². The maximum Gasteiger partial charge on any atom is 0.311 e. The zero-order valence-corrected chi connectivity index (χ0v) is 39.6. The van der Waals surface area contributed by atoms with E-state index in [0.717, 1.165) is 69.1 Å². The van der Waals surface area contributed by atoms with Gasteiger partial charge in [0.15, 0.2) is 23.0 Å². The maximum absolute atomic E-state index is 13.6. The highest BCUT2D eigenvalue weighted by Gasteiger charge is 2.36. The first-order valence-electron chi connectivity index (χ1n) is 24.7. The number of aliphatic hydroxyl groups is 3. The molecule has 0 aromatic carbocycles. The van der Waals surface area contributed by atoms with E-state index in [1.807, 2.05) is 32.9 Å². The molecular weight excluding hydrogens is 895 g/mol. The van der Waals surface area contributed by atoms with Crippen LogP contribution in [0.15, 0.2) is 55.9 Å². The minimum atomic E-state index is -1.43. The normalized spacial score (nSPS) is 23.2. The van der Waals surface area contributed by atoms with Crippen molar-refractivity contribution in [2.75, 3.05) is 0 Å². The van der Waals surface area contributed by atoms with Crippen molar-refractivity contribution in [1.29, 1.82) is 0 Å². The van der Waals surface area contributed by atoms with E-state index >= 15 is 0 Å². The minimum absolute atomic E-state index is 0.0380. The van der Waals surface area contributed by atoms with E-state index in [4.69, 9.17) is 41.7 Å². The van der Waals surface area contributed by atoms with Gasteiger partial charge in [-0.15, -0.1) is 0 Å². The van der Waals surface area contributed by atoms with Crippen LogP contribution in [0, 0.1) is 23.7 Å². The number of furan rings is 3. The molecule has 10 atom stereocenters. The second kappa shape index (κ2) is 21.3. The van der Waals surface area contributed by atoms with E-state index in [2.05, 4.69) is 15.0 Å². The number of nitrogens with one attached hydrogen (secondary N) is 3. The van der Waals surface area contributed by atoms with E-state index in [0.29, 0.717) is 82.7 Å². The van der Waals surface area contributed by atoms with Crippen molar-refractivity contribution in [3.05, 3.63) is 71.3 Å². The lowest BCUT2D eigenvalue weighted by Gasteiger charge is -2.28. The van der Waals surface area contributed by atoms with Crippen molar-refractivity contribution >= 4 is 51.2 Å². The van der Waals surface area contributed by atoms with Crippen LogP contribution in [-0.4, -0.2) is 67.0 Å². The molecule has 0 bridgehead atoms. The molecule has 6 aromatic rings. The average molecular weight is 960 g/mol. The van der Waals surface area contributed by atoms with E-state index in [1.54, 1.807) is 31.2 Å². The summed E-state index contributed by atoms with van der Waals surface area (Å²) in [7, 11) is 0. The fraction of sp³-hybridized carbons (Fsp3) is 0.588. The number of aliphatic hydroxyl groups excluding tert-OH is 3. The van der Waals surface area contributed by atoms with Crippen LogP contribution in [-0.2, 0) is 42.8 Å². The van der Waals surface area contributed by atoms with Gasteiger partial charge in [0.2, 0.25) is 31.5 Å². The first-order chi connectivity index (χ1) is 33.3.